The Morgan fingerprint density at radius 3 is 2.73 bits per heavy atom. The molecule has 11 heavy (non-hydrogen) atoms. The van der Waals surface area contributed by atoms with Crippen LogP contribution in [0.4, 0.5) is 0 Å². The third kappa shape index (κ3) is 0.754. The standard InChI is InChI=1S/C9H10O2/c1-5-6-2-3-7(4-6)8(5)9(10)11/h2-3,6-8H,1,4H2,(H,10,11)/t6-,7+,8+/m0/s1. The molecule has 3 atom stereocenters. The molecular formula is C9H10O2. The van der Waals surface area contributed by atoms with Crippen molar-refractivity contribution in [1.82, 2.24) is 0 Å². The summed E-state index contributed by atoms with van der Waals surface area (Å²) in [5.74, 6) is -0.442. The lowest BCUT2D eigenvalue weighted by Crippen LogP contribution is -2.19. The molecule has 1 saturated carbocycles. The number of allylic oxidation sites excluding steroid dienone is 2. The zero-order chi connectivity index (χ0) is 8.01. The Balaban J connectivity index is 2.32. The molecule has 2 rings (SSSR count). The number of carbonyl (C=O) groups is 1. The maximum Gasteiger partial charge on any atom is 0.311 e. The van der Waals surface area contributed by atoms with E-state index in [0.29, 0.717) is 5.92 Å². The number of carboxylic acids is 1. The second-order valence-corrected chi connectivity index (χ2v) is 3.28. The number of hydrogen-bond donors (Lipinski definition) is 1. The molecule has 2 aliphatic carbocycles. The van der Waals surface area contributed by atoms with E-state index >= 15 is 0 Å². The van der Waals surface area contributed by atoms with Crippen LogP contribution in [0.5, 0.6) is 0 Å². The highest BCUT2D eigenvalue weighted by molar-refractivity contribution is 5.76. The summed E-state index contributed by atoms with van der Waals surface area (Å²) < 4.78 is 0. The molecule has 0 aromatic rings. The van der Waals surface area contributed by atoms with E-state index in [0.717, 1.165) is 12.0 Å². The molecule has 58 valence electrons. The Bertz CT molecular complexity index is 252. The average Bonchev–Trinajstić information content (AvgIpc) is 2.44. The highest BCUT2D eigenvalue weighted by Gasteiger charge is 2.42. The summed E-state index contributed by atoms with van der Waals surface area (Å²) >= 11 is 0. The molecule has 1 fully saturated rings. The van der Waals surface area contributed by atoms with Crippen molar-refractivity contribution in [2.45, 2.75) is 6.42 Å². The number of hydrogen-bond acceptors (Lipinski definition) is 1. The number of carboxylic acid groups (broad SMARTS) is 1. The van der Waals surface area contributed by atoms with Crippen LogP contribution in [0.2, 0.25) is 0 Å². The highest BCUT2D eigenvalue weighted by Crippen LogP contribution is 2.46. The molecule has 0 spiro atoms. The van der Waals surface area contributed by atoms with Crippen molar-refractivity contribution in [2.24, 2.45) is 17.8 Å². The van der Waals surface area contributed by atoms with E-state index in [-0.39, 0.29) is 11.8 Å². The van der Waals surface area contributed by atoms with E-state index in [1.807, 2.05) is 6.08 Å². The molecule has 0 radical (unpaired) electrons. The molecule has 0 heterocycles. The monoisotopic (exact) mass is 150 g/mol. The molecule has 0 amide bonds. The van der Waals surface area contributed by atoms with E-state index in [1.165, 1.54) is 0 Å². The molecule has 0 aromatic heterocycles. The fraction of sp³-hybridized carbons (Fsp3) is 0.444. The van der Waals surface area contributed by atoms with Crippen LogP contribution >= 0.6 is 0 Å². The van der Waals surface area contributed by atoms with Gasteiger partial charge in [0.15, 0.2) is 0 Å². The van der Waals surface area contributed by atoms with Gasteiger partial charge in [0.05, 0.1) is 5.92 Å². The first kappa shape index (κ1) is 6.65. The summed E-state index contributed by atoms with van der Waals surface area (Å²) in [6.07, 6.45) is 5.06. The zero-order valence-electron chi connectivity index (χ0n) is 6.16. The molecule has 1 N–H and O–H groups in total. The Hall–Kier alpha value is -1.05. The zero-order valence-corrected chi connectivity index (χ0v) is 6.16. The lowest BCUT2D eigenvalue weighted by atomic mass is 9.90. The van der Waals surface area contributed by atoms with Gasteiger partial charge < -0.3 is 5.11 Å². The molecule has 0 unspecified atom stereocenters. The van der Waals surface area contributed by atoms with Gasteiger partial charge in [-0.3, -0.25) is 4.79 Å². The first-order valence-electron chi connectivity index (χ1n) is 3.80. The topological polar surface area (TPSA) is 37.3 Å². The number of fused-ring (bicyclic) bond motifs is 2. The fourth-order valence-electron chi connectivity index (χ4n) is 2.10. The molecule has 0 aromatic carbocycles. The molecule has 2 heteroatoms. The highest BCUT2D eigenvalue weighted by atomic mass is 16.4. The van der Waals surface area contributed by atoms with Crippen molar-refractivity contribution in [2.75, 3.05) is 0 Å². The van der Waals surface area contributed by atoms with Crippen molar-refractivity contribution >= 4 is 5.97 Å². The first-order valence-corrected chi connectivity index (χ1v) is 3.80. The molecule has 0 aliphatic heterocycles. The Morgan fingerprint density at radius 2 is 2.36 bits per heavy atom. The van der Waals surface area contributed by atoms with Crippen molar-refractivity contribution in [3.05, 3.63) is 24.3 Å². The smallest absolute Gasteiger partial charge is 0.311 e. The van der Waals surface area contributed by atoms with E-state index in [9.17, 15) is 4.79 Å². The largest absolute Gasteiger partial charge is 0.481 e. The maximum atomic E-state index is 10.7. The van der Waals surface area contributed by atoms with Gasteiger partial charge in [-0.25, -0.2) is 0 Å². The lowest BCUT2D eigenvalue weighted by molar-refractivity contribution is -0.141. The number of aliphatic carboxylic acids is 1. The van der Waals surface area contributed by atoms with Crippen molar-refractivity contribution in [3.63, 3.8) is 0 Å². The van der Waals surface area contributed by atoms with Crippen LogP contribution in [-0.4, -0.2) is 11.1 Å². The Kier molecular flexibility index (Phi) is 1.19. The molecule has 2 nitrogen and oxygen atoms in total. The van der Waals surface area contributed by atoms with Crippen LogP contribution in [0.3, 0.4) is 0 Å². The third-order valence-electron chi connectivity index (χ3n) is 2.69. The minimum atomic E-state index is -0.716. The van der Waals surface area contributed by atoms with Gasteiger partial charge in [0.25, 0.3) is 0 Å². The normalized spacial score (nSPS) is 40.0. The maximum absolute atomic E-state index is 10.7. The quantitative estimate of drug-likeness (QED) is 0.574. The van der Waals surface area contributed by atoms with Crippen LogP contribution in [0, 0.1) is 17.8 Å². The summed E-state index contributed by atoms with van der Waals surface area (Å²) in [4.78, 5) is 10.7. The average molecular weight is 150 g/mol. The summed E-state index contributed by atoms with van der Waals surface area (Å²) in [7, 11) is 0. The predicted molar refractivity (Wildman–Crippen MR) is 41.0 cm³/mol. The van der Waals surface area contributed by atoms with E-state index in [2.05, 4.69) is 12.7 Å². The molecule has 2 bridgehead atoms. The first-order chi connectivity index (χ1) is 5.20. The van der Waals surface area contributed by atoms with E-state index < -0.39 is 5.97 Å². The Morgan fingerprint density at radius 1 is 1.64 bits per heavy atom. The summed E-state index contributed by atoms with van der Waals surface area (Å²) in [6.45, 7) is 3.81. The van der Waals surface area contributed by atoms with Crippen LogP contribution in [0.1, 0.15) is 6.42 Å². The fourth-order valence-corrected chi connectivity index (χ4v) is 2.10. The van der Waals surface area contributed by atoms with E-state index in [1.54, 1.807) is 0 Å². The van der Waals surface area contributed by atoms with Gasteiger partial charge in [-0.05, 0) is 18.3 Å². The van der Waals surface area contributed by atoms with Crippen molar-refractivity contribution < 1.29 is 9.90 Å². The lowest BCUT2D eigenvalue weighted by Gasteiger charge is -2.14. The van der Waals surface area contributed by atoms with Gasteiger partial charge in [-0.1, -0.05) is 24.3 Å². The van der Waals surface area contributed by atoms with Crippen molar-refractivity contribution in [3.8, 4) is 0 Å². The van der Waals surface area contributed by atoms with Crippen LogP contribution in [0.15, 0.2) is 24.3 Å². The summed E-state index contributed by atoms with van der Waals surface area (Å²) in [5.41, 5.74) is 0.894. The van der Waals surface area contributed by atoms with Crippen LogP contribution in [-0.2, 0) is 4.79 Å². The second kappa shape index (κ2) is 1.97. The predicted octanol–water partition coefficient (Wildman–Crippen LogP) is 1.45. The Labute approximate surface area is 65.2 Å². The van der Waals surface area contributed by atoms with Gasteiger partial charge in [-0.2, -0.15) is 0 Å². The minimum absolute atomic E-state index is 0.227. The third-order valence-corrected chi connectivity index (χ3v) is 2.69. The molecule has 0 saturated heterocycles. The van der Waals surface area contributed by atoms with Gasteiger partial charge in [0.1, 0.15) is 0 Å². The van der Waals surface area contributed by atoms with Crippen LogP contribution < -0.4 is 0 Å². The van der Waals surface area contributed by atoms with Gasteiger partial charge in [0, 0.05) is 0 Å². The summed E-state index contributed by atoms with van der Waals surface area (Å²) in [6, 6.07) is 0. The van der Waals surface area contributed by atoms with Gasteiger partial charge >= 0.3 is 5.97 Å². The molecule has 2 aliphatic rings. The van der Waals surface area contributed by atoms with E-state index in [4.69, 9.17) is 5.11 Å². The number of rotatable bonds is 1. The van der Waals surface area contributed by atoms with Gasteiger partial charge in [-0.15, -0.1) is 0 Å². The minimum Gasteiger partial charge on any atom is -0.481 e. The molecular weight excluding hydrogens is 140 g/mol. The van der Waals surface area contributed by atoms with Crippen LogP contribution in [0.25, 0.3) is 0 Å². The second-order valence-electron chi connectivity index (χ2n) is 3.28. The summed E-state index contributed by atoms with van der Waals surface area (Å²) in [5, 5.41) is 8.81. The SMILES string of the molecule is C=C1[C@@H](C(=O)O)[C@@H]2C=C[C@H]1C2. The van der Waals surface area contributed by atoms with Crippen molar-refractivity contribution in [1.29, 1.82) is 0 Å². The van der Waals surface area contributed by atoms with Gasteiger partial charge in [0.2, 0.25) is 0 Å².